The summed E-state index contributed by atoms with van der Waals surface area (Å²) in [4.78, 5) is 28.2. The number of halogens is 1. The topological polar surface area (TPSA) is 138 Å². The quantitative estimate of drug-likeness (QED) is 0.454. The molecule has 0 bridgehead atoms. The molecule has 9 nitrogen and oxygen atoms in total. The number of amides is 1. The van der Waals surface area contributed by atoms with E-state index in [2.05, 4.69) is 25.3 Å². The first kappa shape index (κ1) is 18.3. The Morgan fingerprint density at radius 3 is 2.86 bits per heavy atom. The van der Waals surface area contributed by atoms with Crippen LogP contribution in [0.5, 0.6) is 0 Å². The van der Waals surface area contributed by atoms with Gasteiger partial charge in [0.25, 0.3) is 5.91 Å². The summed E-state index contributed by atoms with van der Waals surface area (Å²) in [5.74, 6) is -0.125. The van der Waals surface area contributed by atoms with Crippen molar-refractivity contribution >= 4 is 28.6 Å². The minimum absolute atomic E-state index is 0.00748. The van der Waals surface area contributed by atoms with Gasteiger partial charge in [0.15, 0.2) is 0 Å². The highest BCUT2D eigenvalue weighted by molar-refractivity contribution is 6.01. The average molecular weight is 392 g/mol. The molecule has 4 aromatic rings. The van der Waals surface area contributed by atoms with E-state index in [9.17, 15) is 9.18 Å². The van der Waals surface area contributed by atoms with Crippen molar-refractivity contribution in [1.82, 2.24) is 24.5 Å². The fourth-order valence-electron chi connectivity index (χ4n) is 3.11. The second-order valence-corrected chi connectivity index (χ2v) is 6.23. The number of aromatic nitrogens is 5. The SMILES string of the molecule is NC(=O)c1c(N)ncnc1NCCc1nc2ccc(F)cc2n1-c1cccnc1. The largest absolute Gasteiger partial charge is 0.383 e. The number of nitrogens with zero attached hydrogens (tertiary/aromatic N) is 5. The van der Waals surface area contributed by atoms with Crippen LogP contribution in [-0.4, -0.2) is 37.0 Å². The second-order valence-electron chi connectivity index (χ2n) is 6.23. The molecule has 0 aliphatic heterocycles. The molecule has 3 heterocycles. The molecule has 0 radical (unpaired) electrons. The van der Waals surface area contributed by atoms with Crippen LogP contribution in [0.1, 0.15) is 16.2 Å². The number of carbonyl (C=O) groups excluding carboxylic acids is 1. The number of anilines is 2. The van der Waals surface area contributed by atoms with Gasteiger partial charge in [-0.25, -0.2) is 19.3 Å². The van der Waals surface area contributed by atoms with Crippen molar-refractivity contribution in [2.45, 2.75) is 6.42 Å². The van der Waals surface area contributed by atoms with Crippen molar-refractivity contribution < 1.29 is 9.18 Å². The lowest BCUT2D eigenvalue weighted by Crippen LogP contribution is -2.20. The van der Waals surface area contributed by atoms with Crippen molar-refractivity contribution in [2.75, 3.05) is 17.6 Å². The third kappa shape index (κ3) is 3.55. The number of hydrogen-bond donors (Lipinski definition) is 3. The zero-order valence-corrected chi connectivity index (χ0v) is 15.2. The maximum atomic E-state index is 13.8. The van der Waals surface area contributed by atoms with Gasteiger partial charge in [-0.1, -0.05) is 0 Å². The van der Waals surface area contributed by atoms with Crippen molar-refractivity contribution in [2.24, 2.45) is 5.73 Å². The normalized spacial score (nSPS) is 10.9. The van der Waals surface area contributed by atoms with Gasteiger partial charge in [-0.3, -0.25) is 14.3 Å². The van der Waals surface area contributed by atoms with E-state index in [0.29, 0.717) is 29.8 Å². The van der Waals surface area contributed by atoms with Gasteiger partial charge >= 0.3 is 0 Å². The van der Waals surface area contributed by atoms with Gasteiger partial charge < -0.3 is 16.8 Å². The molecule has 0 saturated carbocycles. The highest BCUT2D eigenvalue weighted by atomic mass is 19.1. The third-order valence-electron chi connectivity index (χ3n) is 4.35. The minimum Gasteiger partial charge on any atom is -0.383 e. The van der Waals surface area contributed by atoms with Crippen molar-refractivity contribution in [3.8, 4) is 5.69 Å². The fraction of sp³-hybridized carbons (Fsp3) is 0.105. The van der Waals surface area contributed by atoms with E-state index in [4.69, 9.17) is 11.5 Å². The molecule has 0 unspecified atom stereocenters. The summed E-state index contributed by atoms with van der Waals surface area (Å²) in [6, 6.07) is 8.10. The zero-order chi connectivity index (χ0) is 20.4. The lowest BCUT2D eigenvalue weighted by atomic mass is 10.2. The zero-order valence-electron chi connectivity index (χ0n) is 15.2. The smallest absolute Gasteiger partial charge is 0.256 e. The number of carbonyl (C=O) groups is 1. The Hall–Kier alpha value is -4.08. The van der Waals surface area contributed by atoms with Gasteiger partial charge in [0, 0.05) is 25.2 Å². The highest BCUT2D eigenvalue weighted by Crippen LogP contribution is 2.23. The lowest BCUT2D eigenvalue weighted by Gasteiger charge is -2.11. The van der Waals surface area contributed by atoms with E-state index in [1.807, 2.05) is 10.6 Å². The molecule has 146 valence electrons. The standard InChI is InChI=1S/C19H17FN8O/c20-11-3-4-13-14(8-11)28(12-2-1-6-23-9-12)15(27-13)5-7-24-19-16(18(22)29)17(21)25-10-26-19/h1-4,6,8-10H,5,7H2,(H2,22,29)(H3,21,24,25,26). The molecule has 10 heteroatoms. The molecule has 3 aromatic heterocycles. The van der Waals surface area contributed by atoms with Crippen LogP contribution in [0.4, 0.5) is 16.0 Å². The van der Waals surface area contributed by atoms with E-state index in [1.54, 1.807) is 24.5 Å². The number of nitrogens with one attached hydrogen (secondary N) is 1. The Morgan fingerprint density at radius 2 is 2.10 bits per heavy atom. The Balaban J connectivity index is 1.66. The number of hydrogen-bond acceptors (Lipinski definition) is 7. The summed E-state index contributed by atoms with van der Waals surface area (Å²) in [7, 11) is 0. The van der Waals surface area contributed by atoms with Gasteiger partial charge in [-0.05, 0) is 24.3 Å². The monoisotopic (exact) mass is 392 g/mol. The van der Waals surface area contributed by atoms with Crippen LogP contribution in [0.15, 0.2) is 49.1 Å². The van der Waals surface area contributed by atoms with Crippen LogP contribution in [0.25, 0.3) is 16.7 Å². The number of benzene rings is 1. The van der Waals surface area contributed by atoms with Gasteiger partial charge in [0.1, 0.15) is 35.2 Å². The second kappa shape index (κ2) is 7.50. The average Bonchev–Trinajstić information content (AvgIpc) is 3.05. The predicted octanol–water partition coefficient (Wildman–Crippen LogP) is 1.69. The molecule has 0 atom stereocenters. The Kier molecular flexibility index (Phi) is 4.73. The number of primary amides is 1. The Morgan fingerprint density at radius 1 is 1.24 bits per heavy atom. The third-order valence-corrected chi connectivity index (χ3v) is 4.35. The van der Waals surface area contributed by atoms with Crippen molar-refractivity contribution in [1.29, 1.82) is 0 Å². The summed E-state index contributed by atoms with van der Waals surface area (Å²) in [6.07, 6.45) is 5.04. The van der Waals surface area contributed by atoms with E-state index in [-0.39, 0.29) is 23.0 Å². The van der Waals surface area contributed by atoms with Crippen LogP contribution in [0, 0.1) is 5.82 Å². The van der Waals surface area contributed by atoms with E-state index < -0.39 is 5.91 Å². The molecule has 0 aliphatic rings. The molecule has 0 spiro atoms. The number of imidazole rings is 1. The van der Waals surface area contributed by atoms with Gasteiger partial charge in [0.05, 0.1) is 22.9 Å². The Labute approximate surface area is 164 Å². The molecule has 29 heavy (non-hydrogen) atoms. The van der Waals surface area contributed by atoms with E-state index >= 15 is 0 Å². The molecule has 4 rings (SSSR count). The first-order valence-electron chi connectivity index (χ1n) is 8.76. The summed E-state index contributed by atoms with van der Waals surface area (Å²) >= 11 is 0. The van der Waals surface area contributed by atoms with E-state index in [0.717, 1.165) is 5.69 Å². The molecule has 1 aromatic carbocycles. The van der Waals surface area contributed by atoms with E-state index in [1.165, 1.54) is 18.5 Å². The highest BCUT2D eigenvalue weighted by Gasteiger charge is 2.16. The van der Waals surface area contributed by atoms with Crippen LogP contribution in [0.2, 0.25) is 0 Å². The van der Waals surface area contributed by atoms with Crippen LogP contribution >= 0.6 is 0 Å². The van der Waals surface area contributed by atoms with Gasteiger partial charge in [-0.2, -0.15) is 0 Å². The number of pyridine rings is 1. The fourth-order valence-corrected chi connectivity index (χ4v) is 3.11. The number of nitrogens with two attached hydrogens (primary N) is 2. The predicted molar refractivity (Wildman–Crippen MR) is 106 cm³/mol. The summed E-state index contributed by atoms with van der Waals surface area (Å²) in [5.41, 5.74) is 13.2. The van der Waals surface area contributed by atoms with Crippen molar-refractivity contribution in [3.63, 3.8) is 0 Å². The maximum Gasteiger partial charge on any atom is 0.256 e. The summed E-state index contributed by atoms with van der Waals surface area (Å²) in [5, 5.41) is 3.04. The number of fused-ring (bicyclic) bond motifs is 1. The first-order valence-corrected chi connectivity index (χ1v) is 8.76. The molecular formula is C19H17FN8O. The lowest BCUT2D eigenvalue weighted by molar-refractivity contribution is 0.100. The number of nitrogen functional groups attached to an aromatic ring is 1. The Bertz CT molecular complexity index is 1190. The molecule has 0 aliphatic carbocycles. The molecule has 0 fully saturated rings. The summed E-state index contributed by atoms with van der Waals surface area (Å²) in [6.45, 7) is 0.378. The minimum atomic E-state index is -0.719. The maximum absolute atomic E-state index is 13.8. The van der Waals surface area contributed by atoms with Crippen LogP contribution in [0.3, 0.4) is 0 Å². The molecular weight excluding hydrogens is 375 g/mol. The van der Waals surface area contributed by atoms with Crippen LogP contribution < -0.4 is 16.8 Å². The van der Waals surface area contributed by atoms with Crippen LogP contribution in [-0.2, 0) is 6.42 Å². The molecule has 1 amide bonds. The van der Waals surface area contributed by atoms with Gasteiger partial charge in [-0.15, -0.1) is 0 Å². The first-order chi connectivity index (χ1) is 14.0. The van der Waals surface area contributed by atoms with Crippen molar-refractivity contribution in [3.05, 3.63) is 66.3 Å². The number of rotatable bonds is 6. The summed E-state index contributed by atoms with van der Waals surface area (Å²) < 4.78 is 15.7. The van der Waals surface area contributed by atoms with Gasteiger partial charge in [0.2, 0.25) is 0 Å². The molecule has 0 saturated heterocycles. The molecule has 5 N–H and O–H groups in total.